The van der Waals surface area contributed by atoms with Crippen LogP contribution < -0.4 is 4.74 Å². The molecular formula is C11H12FIN2O2. The average Bonchev–Trinajstić information content (AvgIpc) is 2.74. The summed E-state index contributed by atoms with van der Waals surface area (Å²) in [5, 5.41) is 0. The van der Waals surface area contributed by atoms with Crippen molar-refractivity contribution >= 4 is 28.5 Å². The summed E-state index contributed by atoms with van der Waals surface area (Å²) in [7, 11) is 1.47. The molecule has 1 aromatic rings. The molecule has 0 spiro atoms. The zero-order valence-electron chi connectivity index (χ0n) is 9.32. The number of amides is 1. The molecule has 1 amide bonds. The van der Waals surface area contributed by atoms with Crippen LogP contribution >= 0.6 is 22.6 Å². The first kappa shape index (κ1) is 12.5. The molecule has 1 unspecified atom stereocenters. The zero-order valence-corrected chi connectivity index (χ0v) is 11.5. The topological polar surface area (TPSA) is 42.4 Å². The fourth-order valence-electron chi connectivity index (χ4n) is 1.83. The molecule has 0 bridgehead atoms. The number of hydrogen-bond acceptors (Lipinski definition) is 3. The van der Waals surface area contributed by atoms with Crippen molar-refractivity contribution in [3.63, 3.8) is 0 Å². The average molecular weight is 350 g/mol. The SMILES string of the molecule is COc1nccc(I)c1C(=O)N1CCC(F)C1. The Morgan fingerprint density at radius 1 is 1.71 bits per heavy atom. The highest BCUT2D eigenvalue weighted by atomic mass is 127. The molecule has 92 valence electrons. The number of carbonyl (C=O) groups is 1. The van der Waals surface area contributed by atoms with Crippen molar-refractivity contribution in [2.24, 2.45) is 0 Å². The minimum atomic E-state index is -0.917. The predicted octanol–water partition coefficient (Wildman–Crippen LogP) is 1.88. The Balaban J connectivity index is 2.30. The molecule has 6 heteroatoms. The van der Waals surface area contributed by atoms with Crippen molar-refractivity contribution in [1.82, 2.24) is 9.88 Å². The minimum Gasteiger partial charge on any atom is -0.480 e. The number of nitrogens with zero attached hydrogens (tertiary/aromatic N) is 2. The van der Waals surface area contributed by atoms with E-state index in [1.54, 1.807) is 12.3 Å². The molecule has 0 radical (unpaired) electrons. The third-order valence-corrected chi connectivity index (χ3v) is 3.59. The Bertz CT molecular complexity index is 441. The first-order valence-electron chi connectivity index (χ1n) is 5.25. The zero-order chi connectivity index (χ0) is 12.4. The van der Waals surface area contributed by atoms with Gasteiger partial charge in [0.15, 0.2) is 0 Å². The Kier molecular flexibility index (Phi) is 3.80. The Morgan fingerprint density at radius 2 is 2.47 bits per heavy atom. The van der Waals surface area contributed by atoms with E-state index >= 15 is 0 Å². The van der Waals surface area contributed by atoms with Crippen LogP contribution in [0.5, 0.6) is 5.88 Å². The molecule has 4 nitrogen and oxygen atoms in total. The van der Waals surface area contributed by atoms with Gasteiger partial charge in [0.25, 0.3) is 5.91 Å². The Morgan fingerprint density at radius 3 is 3.06 bits per heavy atom. The van der Waals surface area contributed by atoms with Gasteiger partial charge in [-0.1, -0.05) is 0 Å². The number of ether oxygens (including phenoxy) is 1. The van der Waals surface area contributed by atoms with E-state index < -0.39 is 6.17 Å². The molecule has 1 aliphatic heterocycles. The van der Waals surface area contributed by atoms with Crippen molar-refractivity contribution < 1.29 is 13.9 Å². The largest absolute Gasteiger partial charge is 0.480 e. The van der Waals surface area contributed by atoms with E-state index in [9.17, 15) is 9.18 Å². The standard InChI is InChI=1S/C11H12FIN2O2/c1-17-10-9(8(13)2-4-14-10)11(16)15-5-3-7(12)6-15/h2,4,7H,3,5-6H2,1H3. The first-order valence-corrected chi connectivity index (χ1v) is 6.33. The maximum absolute atomic E-state index is 13.1. The van der Waals surface area contributed by atoms with Gasteiger partial charge in [0.05, 0.1) is 13.7 Å². The molecule has 2 rings (SSSR count). The molecule has 17 heavy (non-hydrogen) atoms. The number of aromatic nitrogens is 1. The van der Waals surface area contributed by atoms with Gasteiger partial charge in [-0.25, -0.2) is 9.37 Å². The quantitative estimate of drug-likeness (QED) is 0.765. The smallest absolute Gasteiger partial charge is 0.260 e. The second-order valence-corrected chi connectivity index (χ2v) is 4.98. The number of alkyl halides is 1. The second kappa shape index (κ2) is 5.16. The molecule has 0 saturated carbocycles. The number of rotatable bonds is 2. The van der Waals surface area contributed by atoms with Crippen molar-refractivity contribution in [3.05, 3.63) is 21.4 Å². The third-order valence-electron chi connectivity index (χ3n) is 2.69. The summed E-state index contributed by atoms with van der Waals surface area (Å²) in [5.74, 6) is 0.0868. The van der Waals surface area contributed by atoms with Crippen LogP contribution in [-0.4, -0.2) is 42.2 Å². The van der Waals surface area contributed by atoms with Gasteiger partial charge in [-0.2, -0.15) is 0 Å². The third kappa shape index (κ3) is 2.51. The van der Waals surface area contributed by atoms with Gasteiger partial charge in [0, 0.05) is 16.3 Å². The van der Waals surface area contributed by atoms with Gasteiger partial charge in [-0.3, -0.25) is 4.79 Å². The van der Waals surface area contributed by atoms with Gasteiger partial charge in [-0.15, -0.1) is 0 Å². The van der Waals surface area contributed by atoms with Crippen molar-refractivity contribution in [3.8, 4) is 5.88 Å². The summed E-state index contributed by atoms with van der Waals surface area (Å²) in [4.78, 5) is 17.7. The summed E-state index contributed by atoms with van der Waals surface area (Å²) < 4.78 is 18.9. The summed E-state index contributed by atoms with van der Waals surface area (Å²) in [6, 6.07) is 1.74. The molecule has 2 heterocycles. The molecular weight excluding hydrogens is 338 g/mol. The molecule has 0 aliphatic carbocycles. The van der Waals surface area contributed by atoms with Crippen LogP contribution in [0, 0.1) is 3.57 Å². The van der Waals surface area contributed by atoms with Crippen molar-refractivity contribution in [2.75, 3.05) is 20.2 Å². The van der Waals surface area contributed by atoms with E-state index in [0.717, 1.165) is 3.57 Å². The Labute approximate surface area is 112 Å². The molecule has 1 saturated heterocycles. The van der Waals surface area contributed by atoms with Crippen LogP contribution in [0.25, 0.3) is 0 Å². The van der Waals surface area contributed by atoms with Crippen molar-refractivity contribution in [2.45, 2.75) is 12.6 Å². The van der Waals surface area contributed by atoms with E-state index in [1.165, 1.54) is 12.0 Å². The predicted molar refractivity (Wildman–Crippen MR) is 68.9 cm³/mol. The van der Waals surface area contributed by atoms with Crippen LogP contribution in [-0.2, 0) is 0 Å². The van der Waals surface area contributed by atoms with Crippen LogP contribution in [0.15, 0.2) is 12.3 Å². The van der Waals surface area contributed by atoms with Crippen LogP contribution in [0.2, 0.25) is 0 Å². The maximum Gasteiger partial charge on any atom is 0.260 e. The summed E-state index contributed by atoms with van der Waals surface area (Å²) in [6.45, 7) is 0.612. The number of pyridine rings is 1. The van der Waals surface area contributed by atoms with Gasteiger partial charge in [0.2, 0.25) is 5.88 Å². The van der Waals surface area contributed by atoms with E-state index in [0.29, 0.717) is 24.4 Å². The lowest BCUT2D eigenvalue weighted by Gasteiger charge is -2.17. The number of carbonyl (C=O) groups excluding carboxylic acids is 1. The lowest BCUT2D eigenvalue weighted by molar-refractivity contribution is 0.0777. The van der Waals surface area contributed by atoms with E-state index in [1.807, 2.05) is 0 Å². The van der Waals surface area contributed by atoms with Crippen molar-refractivity contribution in [1.29, 1.82) is 0 Å². The summed E-state index contributed by atoms with van der Waals surface area (Å²) >= 11 is 2.06. The lowest BCUT2D eigenvalue weighted by Crippen LogP contribution is -2.30. The van der Waals surface area contributed by atoms with Gasteiger partial charge in [0.1, 0.15) is 11.7 Å². The number of halogens is 2. The molecule has 0 N–H and O–H groups in total. The second-order valence-electron chi connectivity index (χ2n) is 3.81. The number of likely N-dealkylation sites (tertiary alicyclic amines) is 1. The first-order chi connectivity index (χ1) is 8.13. The van der Waals surface area contributed by atoms with Gasteiger partial charge >= 0.3 is 0 Å². The Hall–Kier alpha value is -0.920. The normalized spacial score (nSPS) is 19.5. The number of methoxy groups -OCH3 is 1. The van der Waals surface area contributed by atoms with E-state index in [-0.39, 0.29) is 12.5 Å². The summed E-state index contributed by atoms with van der Waals surface area (Å²) in [6.07, 6.45) is 1.07. The van der Waals surface area contributed by atoms with E-state index in [2.05, 4.69) is 27.6 Å². The van der Waals surface area contributed by atoms with Crippen LogP contribution in [0.1, 0.15) is 16.8 Å². The van der Waals surface area contributed by atoms with E-state index in [4.69, 9.17) is 4.74 Å². The lowest BCUT2D eigenvalue weighted by atomic mass is 10.2. The molecule has 1 aromatic heterocycles. The number of hydrogen-bond donors (Lipinski definition) is 0. The highest BCUT2D eigenvalue weighted by Gasteiger charge is 2.29. The van der Waals surface area contributed by atoms with Gasteiger partial charge in [-0.05, 0) is 35.1 Å². The highest BCUT2D eigenvalue weighted by molar-refractivity contribution is 14.1. The molecule has 0 aromatic carbocycles. The van der Waals surface area contributed by atoms with Gasteiger partial charge < -0.3 is 9.64 Å². The maximum atomic E-state index is 13.1. The van der Waals surface area contributed by atoms with Crippen LogP contribution in [0.4, 0.5) is 4.39 Å². The molecule has 1 fully saturated rings. The molecule has 1 atom stereocenters. The minimum absolute atomic E-state index is 0.160. The fraction of sp³-hybridized carbons (Fsp3) is 0.455. The monoisotopic (exact) mass is 350 g/mol. The van der Waals surface area contributed by atoms with Crippen LogP contribution in [0.3, 0.4) is 0 Å². The summed E-state index contributed by atoms with van der Waals surface area (Å²) in [5.41, 5.74) is 0.421. The fourth-order valence-corrected chi connectivity index (χ4v) is 2.45. The molecule has 1 aliphatic rings. The highest BCUT2D eigenvalue weighted by Crippen LogP contribution is 2.25.